The fourth-order valence-corrected chi connectivity index (χ4v) is 4.04. The summed E-state index contributed by atoms with van der Waals surface area (Å²) >= 11 is 0. The van der Waals surface area contributed by atoms with E-state index in [1.54, 1.807) is 30.3 Å². The summed E-state index contributed by atoms with van der Waals surface area (Å²) < 4.78 is 11.1. The molecule has 0 spiro atoms. The van der Waals surface area contributed by atoms with Gasteiger partial charge in [0.15, 0.2) is 0 Å². The highest BCUT2D eigenvalue weighted by molar-refractivity contribution is 6.25. The Morgan fingerprint density at radius 1 is 0.909 bits per heavy atom. The van der Waals surface area contributed by atoms with Crippen molar-refractivity contribution in [3.8, 4) is 11.5 Å². The summed E-state index contributed by atoms with van der Waals surface area (Å²) in [6, 6.07) is 16.1. The Hall–Kier alpha value is -3.87. The van der Waals surface area contributed by atoms with Crippen LogP contribution in [-0.2, 0) is 4.79 Å². The van der Waals surface area contributed by atoms with Crippen LogP contribution in [0.3, 0.4) is 0 Å². The molecule has 3 amide bonds. The highest BCUT2D eigenvalue weighted by atomic mass is 16.5. The number of amides is 3. The molecule has 1 aliphatic rings. The zero-order valence-electron chi connectivity index (χ0n) is 18.7. The normalized spacial score (nSPS) is 12.7. The van der Waals surface area contributed by atoms with Gasteiger partial charge >= 0.3 is 0 Å². The van der Waals surface area contributed by atoms with E-state index in [1.807, 2.05) is 38.1 Å². The van der Waals surface area contributed by atoms with E-state index in [9.17, 15) is 14.4 Å². The van der Waals surface area contributed by atoms with Crippen LogP contribution in [0.25, 0.3) is 10.8 Å². The van der Waals surface area contributed by atoms with Crippen LogP contribution in [0.2, 0.25) is 0 Å². The number of carbonyl (C=O) groups is 3. The van der Waals surface area contributed by atoms with Crippen molar-refractivity contribution in [2.45, 2.75) is 26.7 Å². The van der Waals surface area contributed by atoms with E-state index < -0.39 is 0 Å². The largest absolute Gasteiger partial charge is 0.494 e. The first kappa shape index (κ1) is 22.3. The summed E-state index contributed by atoms with van der Waals surface area (Å²) in [4.78, 5) is 39.8. The van der Waals surface area contributed by atoms with Crippen molar-refractivity contribution in [3.63, 3.8) is 0 Å². The van der Waals surface area contributed by atoms with Gasteiger partial charge in [0.05, 0.1) is 18.9 Å². The van der Waals surface area contributed by atoms with Gasteiger partial charge in [0.2, 0.25) is 5.91 Å². The van der Waals surface area contributed by atoms with Crippen LogP contribution in [0.4, 0.5) is 5.69 Å². The van der Waals surface area contributed by atoms with E-state index in [1.165, 1.54) is 4.90 Å². The van der Waals surface area contributed by atoms with Crippen LogP contribution in [0.5, 0.6) is 11.5 Å². The molecule has 0 unspecified atom stereocenters. The second-order valence-electron chi connectivity index (χ2n) is 7.65. The number of anilines is 1. The first-order chi connectivity index (χ1) is 16.0. The van der Waals surface area contributed by atoms with Gasteiger partial charge in [0.25, 0.3) is 11.8 Å². The Bertz CT molecular complexity index is 1170. The predicted molar refractivity (Wildman–Crippen MR) is 126 cm³/mol. The van der Waals surface area contributed by atoms with E-state index >= 15 is 0 Å². The minimum absolute atomic E-state index is 0.146. The molecule has 3 aromatic carbocycles. The van der Waals surface area contributed by atoms with E-state index in [-0.39, 0.29) is 30.7 Å². The molecule has 0 saturated carbocycles. The molecule has 1 aliphatic heterocycles. The first-order valence-electron chi connectivity index (χ1n) is 11.1. The van der Waals surface area contributed by atoms with Gasteiger partial charge in [-0.3, -0.25) is 19.3 Å². The molecule has 1 heterocycles. The lowest BCUT2D eigenvalue weighted by Crippen LogP contribution is -2.41. The van der Waals surface area contributed by atoms with Gasteiger partial charge in [-0.2, -0.15) is 0 Å². The van der Waals surface area contributed by atoms with Crippen molar-refractivity contribution < 1.29 is 23.9 Å². The van der Waals surface area contributed by atoms with E-state index in [4.69, 9.17) is 9.47 Å². The lowest BCUT2D eigenvalue weighted by molar-refractivity contribution is -0.116. The van der Waals surface area contributed by atoms with Crippen LogP contribution in [0.15, 0.2) is 54.6 Å². The smallest absolute Gasteiger partial charge is 0.261 e. The second-order valence-corrected chi connectivity index (χ2v) is 7.65. The Morgan fingerprint density at radius 3 is 2.21 bits per heavy atom. The molecular weight excluding hydrogens is 420 g/mol. The molecule has 7 heteroatoms. The average molecular weight is 447 g/mol. The monoisotopic (exact) mass is 446 g/mol. The predicted octanol–water partition coefficient (Wildman–Crippen LogP) is 4.65. The highest BCUT2D eigenvalue weighted by Crippen LogP contribution is 2.31. The van der Waals surface area contributed by atoms with Gasteiger partial charge in [-0.15, -0.1) is 0 Å². The summed E-state index contributed by atoms with van der Waals surface area (Å²) in [5.74, 6) is 0.304. The maximum atomic E-state index is 13.0. The van der Waals surface area contributed by atoms with E-state index in [0.717, 1.165) is 5.39 Å². The molecule has 170 valence electrons. The third-order valence-corrected chi connectivity index (χ3v) is 5.48. The summed E-state index contributed by atoms with van der Waals surface area (Å²) in [6.45, 7) is 4.89. The third-order valence-electron chi connectivity index (χ3n) is 5.48. The number of carbonyl (C=O) groups excluding carboxylic acids is 3. The topological polar surface area (TPSA) is 84.9 Å². The van der Waals surface area contributed by atoms with Gasteiger partial charge in [0, 0.05) is 35.5 Å². The second kappa shape index (κ2) is 9.73. The summed E-state index contributed by atoms with van der Waals surface area (Å²) in [5.41, 5.74) is 1.56. The van der Waals surface area contributed by atoms with Crippen LogP contribution >= 0.6 is 0 Å². The SMILES string of the molecule is CCOc1ccc(OCC)c(NC(=O)CCCN2C(=O)c3cccc4cccc(c34)C2=O)c1. The molecule has 0 bridgehead atoms. The maximum Gasteiger partial charge on any atom is 0.261 e. The van der Waals surface area contributed by atoms with Gasteiger partial charge < -0.3 is 14.8 Å². The van der Waals surface area contributed by atoms with Crippen molar-refractivity contribution in [2.24, 2.45) is 0 Å². The molecule has 1 N–H and O–H groups in total. The molecule has 3 aromatic rings. The summed E-state index contributed by atoms with van der Waals surface area (Å²) in [5, 5.41) is 4.42. The molecule has 0 saturated heterocycles. The van der Waals surface area contributed by atoms with Crippen molar-refractivity contribution in [1.82, 2.24) is 4.90 Å². The van der Waals surface area contributed by atoms with Gasteiger partial charge in [-0.25, -0.2) is 0 Å². The lowest BCUT2D eigenvalue weighted by Gasteiger charge is -2.27. The molecule has 0 aliphatic carbocycles. The molecule has 0 atom stereocenters. The van der Waals surface area contributed by atoms with Crippen LogP contribution in [0, 0.1) is 0 Å². The molecule has 4 rings (SSSR count). The zero-order valence-corrected chi connectivity index (χ0v) is 18.7. The van der Waals surface area contributed by atoms with Gasteiger partial charge in [0.1, 0.15) is 11.5 Å². The summed E-state index contributed by atoms with van der Waals surface area (Å²) in [7, 11) is 0. The quantitative estimate of drug-likeness (QED) is 0.484. The third kappa shape index (κ3) is 4.53. The number of nitrogens with one attached hydrogen (secondary N) is 1. The van der Waals surface area contributed by atoms with E-state index in [2.05, 4.69) is 5.32 Å². The molecule has 33 heavy (non-hydrogen) atoms. The fraction of sp³-hybridized carbons (Fsp3) is 0.269. The number of ether oxygens (including phenoxy) is 2. The fourth-order valence-electron chi connectivity index (χ4n) is 4.04. The maximum absolute atomic E-state index is 13.0. The van der Waals surface area contributed by atoms with Crippen LogP contribution in [-0.4, -0.2) is 42.4 Å². The average Bonchev–Trinajstić information content (AvgIpc) is 2.81. The molecule has 0 radical (unpaired) electrons. The van der Waals surface area contributed by atoms with Crippen molar-refractivity contribution in [3.05, 3.63) is 65.7 Å². The number of hydrogen-bond donors (Lipinski definition) is 1. The number of imide groups is 1. The Balaban J connectivity index is 1.42. The van der Waals surface area contributed by atoms with Crippen molar-refractivity contribution >= 4 is 34.2 Å². The number of hydrogen-bond acceptors (Lipinski definition) is 5. The van der Waals surface area contributed by atoms with Crippen LogP contribution in [0.1, 0.15) is 47.4 Å². The molecule has 7 nitrogen and oxygen atoms in total. The lowest BCUT2D eigenvalue weighted by atomic mass is 9.94. The van der Waals surface area contributed by atoms with Gasteiger partial charge in [-0.1, -0.05) is 24.3 Å². The number of rotatable bonds is 9. The minimum Gasteiger partial charge on any atom is -0.494 e. The van der Waals surface area contributed by atoms with Crippen LogP contribution < -0.4 is 14.8 Å². The van der Waals surface area contributed by atoms with E-state index in [0.29, 0.717) is 53.3 Å². The van der Waals surface area contributed by atoms with Gasteiger partial charge in [-0.05, 0) is 49.9 Å². The first-order valence-corrected chi connectivity index (χ1v) is 11.1. The highest BCUT2D eigenvalue weighted by Gasteiger charge is 2.32. The molecule has 0 fully saturated rings. The number of nitrogens with zero attached hydrogens (tertiary/aromatic N) is 1. The summed E-state index contributed by atoms with van der Waals surface area (Å²) in [6.07, 6.45) is 0.490. The minimum atomic E-state index is -0.326. The molecular formula is C26H26N2O5. The van der Waals surface area contributed by atoms with Crippen molar-refractivity contribution in [2.75, 3.05) is 25.1 Å². The van der Waals surface area contributed by atoms with Crippen molar-refractivity contribution in [1.29, 1.82) is 0 Å². The Labute approximate surface area is 192 Å². The Kier molecular flexibility index (Phi) is 6.58. The Morgan fingerprint density at radius 2 is 1.58 bits per heavy atom. The molecule has 0 aromatic heterocycles. The standard InChI is InChI=1S/C26H26N2O5/c1-3-32-18-13-14-22(33-4-2)21(16-18)27-23(29)12-7-15-28-25(30)19-10-5-8-17-9-6-11-20(24(17)19)26(28)31/h5-6,8-11,13-14,16H,3-4,7,12,15H2,1-2H3,(H,27,29). The zero-order chi connectivity index (χ0) is 23.4. The number of benzene rings is 3.